The van der Waals surface area contributed by atoms with Crippen LogP contribution in [0.4, 0.5) is 5.69 Å². The Morgan fingerprint density at radius 1 is 1.03 bits per heavy atom. The van der Waals surface area contributed by atoms with E-state index in [2.05, 4.69) is 25.9 Å². The number of hydrogen-bond donors (Lipinski definition) is 2. The van der Waals surface area contributed by atoms with E-state index < -0.39 is 0 Å². The molecule has 0 aliphatic carbocycles. The van der Waals surface area contributed by atoms with Gasteiger partial charge in [-0.2, -0.15) is 5.10 Å². The van der Waals surface area contributed by atoms with Crippen LogP contribution < -0.4 is 10.6 Å². The maximum Gasteiger partial charge on any atom is 0.286 e. The van der Waals surface area contributed by atoms with Crippen molar-refractivity contribution in [3.63, 3.8) is 0 Å². The molecule has 3 rings (SSSR count). The summed E-state index contributed by atoms with van der Waals surface area (Å²) in [6.45, 7) is 9.30. The molecule has 0 saturated heterocycles. The number of nitrogens with zero attached hydrogens (tertiary/aromatic N) is 4. The molecule has 29 heavy (non-hydrogen) atoms. The third kappa shape index (κ3) is 4.86. The zero-order valence-corrected chi connectivity index (χ0v) is 17.8. The molecular formula is C20H24N6O2S. The lowest BCUT2D eigenvalue weighted by atomic mass is 10.1. The molecule has 0 bridgehead atoms. The van der Waals surface area contributed by atoms with E-state index in [4.69, 9.17) is 0 Å². The fourth-order valence-corrected chi connectivity index (χ4v) is 3.66. The van der Waals surface area contributed by atoms with Crippen LogP contribution in [0.1, 0.15) is 49.0 Å². The predicted molar refractivity (Wildman–Crippen MR) is 112 cm³/mol. The minimum atomic E-state index is -0.386. The highest BCUT2D eigenvalue weighted by Gasteiger charge is 2.18. The number of hydrogen-bond acceptors (Lipinski definition) is 6. The Hall–Kier alpha value is -3.07. The van der Waals surface area contributed by atoms with Gasteiger partial charge in [0.15, 0.2) is 0 Å². The lowest BCUT2D eigenvalue weighted by molar-refractivity contribution is 0.0951. The maximum absolute atomic E-state index is 12.3. The topological polar surface area (TPSA) is 102 Å². The molecular weight excluding hydrogens is 388 g/mol. The first-order valence-corrected chi connectivity index (χ1v) is 10.2. The summed E-state index contributed by atoms with van der Waals surface area (Å²) in [6, 6.07) is 7.43. The van der Waals surface area contributed by atoms with Crippen LogP contribution in [0, 0.1) is 20.8 Å². The molecule has 2 aromatic heterocycles. The first-order valence-electron chi connectivity index (χ1n) is 9.41. The molecule has 2 amide bonds. The molecule has 0 spiro atoms. The molecule has 8 nitrogen and oxygen atoms in total. The van der Waals surface area contributed by atoms with Gasteiger partial charge in [-0.05, 0) is 51.8 Å². The van der Waals surface area contributed by atoms with Gasteiger partial charge in [0.05, 0.1) is 5.69 Å². The summed E-state index contributed by atoms with van der Waals surface area (Å²) in [5.41, 5.74) is 5.00. The van der Waals surface area contributed by atoms with Crippen LogP contribution in [-0.2, 0) is 13.0 Å². The van der Waals surface area contributed by atoms with Gasteiger partial charge in [-0.1, -0.05) is 29.0 Å². The zero-order valence-electron chi connectivity index (χ0n) is 16.9. The smallest absolute Gasteiger partial charge is 0.286 e. The van der Waals surface area contributed by atoms with Gasteiger partial charge in [-0.15, -0.1) is 10.2 Å². The van der Waals surface area contributed by atoms with Crippen molar-refractivity contribution in [1.82, 2.24) is 25.3 Å². The summed E-state index contributed by atoms with van der Waals surface area (Å²) >= 11 is 0.969. The molecule has 9 heteroatoms. The van der Waals surface area contributed by atoms with Gasteiger partial charge < -0.3 is 10.6 Å². The molecule has 0 unspecified atom stereocenters. The van der Waals surface area contributed by atoms with E-state index >= 15 is 0 Å². The standard InChI is InChI=1S/C20H24N6O2S/c1-5-26-14(4)16(13(3)25-26)10-11-21-17(27)19-23-24-20(29-19)18(28)22-15-8-6-12(2)7-9-15/h6-9H,5,10-11H2,1-4H3,(H,21,27)(H,22,28). The average molecular weight is 413 g/mol. The van der Waals surface area contributed by atoms with E-state index in [9.17, 15) is 9.59 Å². The second-order valence-electron chi connectivity index (χ2n) is 6.70. The Morgan fingerprint density at radius 2 is 1.69 bits per heavy atom. The quantitative estimate of drug-likeness (QED) is 0.621. The zero-order chi connectivity index (χ0) is 21.0. The predicted octanol–water partition coefficient (Wildman–Crippen LogP) is 2.90. The summed E-state index contributed by atoms with van der Waals surface area (Å²) < 4.78 is 1.95. The Labute approximate surface area is 173 Å². The highest BCUT2D eigenvalue weighted by Crippen LogP contribution is 2.15. The number of anilines is 1. The van der Waals surface area contributed by atoms with Crippen LogP contribution in [-0.4, -0.2) is 38.3 Å². The van der Waals surface area contributed by atoms with Crippen LogP contribution in [0.25, 0.3) is 0 Å². The number of carbonyl (C=O) groups is 2. The number of nitrogens with one attached hydrogen (secondary N) is 2. The SMILES string of the molecule is CCn1nc(C)c(CCNC(=O)c2nnc(C(=O)Nc3ccc(C)cc3)s2)c1C. The summed E-state index contributed by atoms with van der Waals surface area (Å²) in [5, 5.41) is 18.1. The van der Waals surface area contributed by atoms with Gasteiger partial charge in [-0.25, -0.2) is 0 Å². The van der Waals surface area contributed by atoms with Crippen molar-refractivity contribution in [3.8, 4) is 0 Å². The van der Waals surface area contributed by atoms with Crippen LogP contribution in [0.2, 0.25) is 0 Å². The van der Waals surface area contributed by atoms with E-state index in [-0.39, 0.29) is 21.8 Å². The summed E-state index contributed by atoms with van der Waals surface area (Å²) in [4.78, 5) is 24.6. The molecule has 0 fully saturated rings. The summed E-state index contributed by atoms with van der Waals surface area (Å²) in [5.74, 6) is -0.723. The minimum Gasteiger partial charge on any atom is -0.350 e. The van der Waals surface area contributed by atoms with Gasteiger partial charge in [0.1, 0.15) is 0 Å². The number of rotatable bonds is 7. The van der Waals surface area contributed by atoms with E-state index in [1.165, 1.54) is 0 Å². The summed E-state index contributed by atoms with van der Waals surface area (Å²) in [6.07, 6.45) is 0.684. The fraction of sp³-hybridized carbons (Fsp3) is 0.350. The van der Waals surface area contributed by atoms with Gasteiger partial charge in [0, 0.05) is 24.5 Å². The Balaban J connectivity index is 1.56. The van der Waals surface area contributed by atoms with E-state index in [0.29, 0.717) is 18.7 Å². The number of benzene rings is 1. The molecule has 2 heterocycles. The van der Waals surface area contributed by atoms with Crippen LogP contribution in [0.3, 0.4) is 0 Å². The van der Waals surface area contributed by atoms with Crippen molar-refractivity contribution in [2.24, 2.45) is 0 Å². The Kier molecular flexibility index (Phi) is 6.38. The Morgan fingerprint density at radius 3 is 2.31 bits per heavy atom. The van der Waals surface area contributed by atoms with Crippen molar-refractivity contribution in [1.29, 1.82) is 0 Å². The second-order valence-corrected chi connectivity index (χ2v) is 7.68. The highest BCUT2D eigenvalue weighted by molar-refractivity contribution is 7.15. The largest absolute Gasteiger partial charge is 0.350 e. The molecule has 0 radical (unpaired) electrons. The molecule has 3 aromatic rings. The first-order chi connectivity index (χ1) is 13.9. The minimum absolute atomic E-state index is 0.145. The third-order valence-corrected chi connectivity index (χ3v) is 5.54. The Bertz CT molecular complexity index is 1020. The maximum atomic E-state index is 12.3. The van der Waals surface area contributed by atoms with Crippen LogP contribution in [0.15, 0.2) is 24.3 Å². The lowest BCUT2D eigenvalue weighted by Gasteiger charge is -2.04. The molecule has 152 valence electrons. The molecule has 1 aromatic carbocycles. The monoisotopic (exact) mass is 412 g/mol. The highest BCUT2D eigenvalue weighted by atomic mass is 32.1. The normalized spacial score (nSPS) is 10.8. The second kappa shape index (κ2) is 8.95. The number of aryl methyl sites for hydroxylation is 3. The van der Waals surface area contributed by atoms with Crippen molar-refractivity contribution >= 4 is 28.8 Å². The fourth-order valence-electron chi connectivity index (χ4n) is 3.01. The van der Waals surface area contributed by atoms with Crippen LogP contribution >= 0.6 is 11.3 Å². The molecule has 0 aliphatic heterocycles. The molecule has 0 atom stereocenters. The van der Waals surface area contributed by atoms with Crippen molar-refractivity contribution in [2.45, 2.75) is 40.7 Å². The number of carbonyl (C=O) groups excluding carboxylic acids is 2. The van der Waals surface area contributed by atoms with Crippen molar-refractivity contribution in [3.05, 3.63) is 56.8 Å². The number of aromatic nitrogens is 4. The lowest BCUT2D eigenvalue weighted by Crippen LogP contribution is -2.25. The van der Waals surface area contributed by atoms with Gasteiger partial charge in [0.25, 0.3) is 11.8 Å². The van der Waals surface area contributed by atoms with Gasteiger partial charge >= 0.3 is 0 Å². The first kappa shape index (κ1) is 20.7. The number of amides is 2. The third-order valence-electron chi connectivity index (χ3n) is 4.61. The summed E-state index contributed by atoms with van der Waals surface area (Å²) in [7, 11) is 0. The van der Waals surface area contributed by atoms with Crippen LogP contribution in [0.5, 0.6) is 0 Å². The van der Waals surface area contributed by atoms with Gasteiger partial charge in [0.2, 0.25) is 10.0 Å². The van der Waals surface area contributed by atoms with E-state index in [1.54, 1.807) is 0 Å². The molecule has 0 aliphatic rings. The average Bonchev–Trinajstić information content (AvgIpc) is 3.30. The molecule has 0 saturated carbocycles. The van der Waals surface area contributed by atoms with E-state index in [1.807, 2.05) is 56.6 Å². The van der Waals surface area contributed by atoms with Crippen molar-refractivity contribution < 1.29 is 9.59 Å². The molecule has 2 N–H and O–H groups in total. The van der Waals surface area contributed by atoms with Gasteiger partial charge in [-0.3, -0.25) is 14.3 Å². The van der Waals surface area contributed by atoms with E-state index in [0.717, 1.165) is 40.4 Å². The van der Waals surface area contributed by atoms with Crippen molar-refractivity contribution in [2.75, 3.05) is 11.9 Å².